The molecule has 0 aromatic carbocycles. The Labute approximate surface area is 449 Å². The Morgan fingerprint density at radius 1 is 0.478 bits per heavy atom. The lowest BCUT2D eigenvalue weighted by Crippen LogP contribution is -2.15. The van der Waals surface area contributed by atoms with E-state index in [2.05, 4.69) is 41.2 Å². The van der Waals surface area contributed by atoms with Gasteiger partial charge < -0.3 is 40.8 Å². The first-order valence-corrected chi connectivity index (χ1v) is 29.7. The summed E-state index contributed by atoms with van der Waals surface area (Å²) in [7, 11) is 0. The molecular formula is C54H113Al3O12. The van der Waals surface area contributed by atoms with Gasteiger partial charge in [-0.25, -0.2) is 0 Å². The Morgan fingerprint density at radius 3 is 1.13 bits per heavy atom. The molecule has 0 fully saturated rings. The molecule has 1 atom stereocenters. The molecule has 0 amide bonds. The second kappa shape index (κ2) is 81.4. The van der Waals surface area contributed by atoms with Crippen LogP contribution in [0.1, 0.15) is 299 Å². The van der Waals surface area contributed by atoms with Crippen LogP contribution in [0.25, 0.3) is 0 Å². The first-order valence-electron chi connectivity index (χ1n) is 27.3. The van der Waals surface area contributed by atoms with Crippen LogP contribution in [0.5, 0.6) is 0 Å². The van der Waals surface area contributed by atoms with Crippen molar-refractivity contribution in [1.29, 1.82) is 0 Å². The Morgan fingerprint density at radius 2 is 0.826 bits per heavy atom. The Hall–Kier alpha value is -0.673. The normalized spacial score (nSPS) is 10.1. The van der Waals surface area contributed by atoms with E-state index in [0.29, 0.717) is 13.0 Å². The van der Waals surface area contributed by atoms with Crippen LogP contribution in [0.4, 0.5) is 0 Å². The summed E-state index contributed by atoms with van der Waals surface area (Å²) < 4.78 is 24.8. The van der Waals surface area contributed by atoms with Crippen LogP contribution in [0.2, 0.25) is 0 Å². The minimum absolute atomic E-state index is 0. The van der Waals surface area contributed by atoms with Crippen molar-refractivity contribution in [2.24, 2.45) is 5.92 Å². The van der Waals surface area contributed by atoms with Crippen molar-refractivity contribution in [2.75, 3.05) is 13.2 Å². The van der Waals surface area contributed by atoms with Crippen LogP contribution in [0, 0.1) is 18.3 Å². The molecule has 69 heavy (non-hydrogen) atoms. The summed E-state index contributed by atoms with van der Waals surface area (Å²) >= 11 is 0.830. The first kappa shape index (κ1) is 85.1. The number of carbonyl (C=O) groups excluding carboxylic acids is 3. The van der Waals surface area contributed by atoms with Gasteiger partial charge in [-0.3, -0.25) is 14.4 Å². The van der Waals surface area contributed by atoms with E-state index in [0.717, 1.165) is 58.0 Å². The van der Waals surface area contributed by atoms with Crippen LogP contribution in [-0.2, 0) is 33.3 Å². The molecule has 0 aromatic rings. The first-order chi connectivity index (χ1) is 31.7. The van der Waals surface area contributed by atoms with Gasteiger partial charge >= 0.3 is 48.4 Å². The monoisotopic (exact) mass is 1030 g/mol. The zero-order valence-electron chi connectivity index (χ0n) is 46.1. The van der Waals surface area contributed by atoms with Gasteiger partial charge in [0.05, 0.1) is 5.92 Å². The van der Waals surface area contributed by atoms with Crippen molar-refractivity contribution < 1.29 is 55.2 Å². The number of hydrogen-bond donors (Lipinski definition) is 0. The van der Waals surface area contributed by atoms with Crippen molar-refractivity contribution in [3.8, 4) is 12.3 Å². The summed E-state index contributed by atoms with van der Waals surface area (Å²) in [4.78, 5) is 32.9. The molecule has 0 aliphatic heterocycles. The maximum absolute atomic E-state index is 11.9. The van der Waals surface area contributed by atoms with E-state index >= 15 is 0 Å². The van der Waals surface area contributed by atoms with Gasteiger partial charge in [0.15, 0.2) is 0 Å². The van der Waals surface area contributed by atoms with Crippen molar-refractivity contribution in [1.82, 2.24) is 0 Å². The van der Waals surface area contributed by atoms with Gasteiger partial charge in [0.25, 0.3) is 17.9 Å². The van der Waals surface area contributed by atoms with Gasteiger partial charge in [-0.2, -0.15) is 0 Å². The summed E-state index contributed by atoms with van der Waals surface area (Å²) in [5.41, 5.74) is 0. The van der Waals surface area contributed by atoms with Gasteiger partial charge in [-0.05, 0) is 39.0 Å². The molecule has 0 spiro atoms. The summed E-state index contributed by atoms with van der Waals surface area (Å²) in [5, 5.41) is 0. The molecule has 15 heteroatoms. The molecule has 4 radical (unpaired) electrons. The second-order valence-corrected chi connectivity index (χ2v) is 19.4. The highest BCUT2D eigenvalue weighted by molar-refractivity contribution is 6.22. The van der Waals surface area contributed by atoms with E-state index in [4.69, 9.17) is 17.8 Å². The smallest absolute Gasteiger partial charge is 0.628 e. The number of unbranched alkanes of at least 4 members (excludes halogenated alkanes) is 32. The quantitative estimate of drug-likeness (QED) is 0.0323. The minimum atomic E-state index is -0.616. The molecule has 0 rings (SSSR count). The van der Waals surface area contributed by atoms with E-state index in [9.17, 15) is 14.4 Å². The minimum Gasteiger partial charge on any atom is -0.628 e. The lowest BCUT2D eigenvalue weighted by molar-refractivity contribution is -0.139. The Kier molecular flexibility index (Phi) is 100. The maximum atomic E-state index is 11.9. The zero-order chi connectivity index (χ0) is 49.0. The SMILES string of the molecule is C#CCCCC.CCCCC(CC)C(=O)[O][Al].CCCCCCCCCCCCCCCCCC[O][Al][O]C(=O)CCCCCCCCCCCCCCCCC.CC[O][Al][O]C(C)=O.O.O.O.O. The van der Waals surface area contributed by atoms with Crippen molar-refractivity contribution in [2.45, 2.75) is 299 Å². The van der Waals surface area contributed by atoms with Crippen LogP contribution in [-0.4, -0.2) is 101 Å². The van der Waals surface area contributed by atoms with E-state index in [1.807, 2.05) is 30.5 Å². The molecule has 0 aliphatic carbocycles. The van der Waals surface area contributed by atoms with E-state index in [-0.39, 0.29) is 45.7 Å². The fourth-order valence-corrected chi connectivity index (χ4v) is 8.14. The Bertz CT molecular complexity index is 976. The topological polar surface area (TPSA) is 223 Å². The molecule has 0 saturated carbocycles. The molecule has 0 aliphatic rings. The molecular weight excluding hydrogens is 922 g/mol. The van der Waals surface area contributed by atoms with Crippen molar-refractivity contribution in [3.63, 3.8) is 0 Å². The highest BCUT2D eigenvalue weighted by Crippen LogP contribution is 2.16. The van der Waals surface area contributed by atoms with Gasteiger partial charge in [0, 0.05) is 33.0 Å². The van der Waals surface area contributed by atoms with E-state index in [1.165, 1.54) is 200 Å². The Balaban J connectivity index is -0.000000174. The lowest BCUT2D eigenvalue weighted by atomic mass is 10.00. The third-order valence-corrected chi connectivity index (χ3v) is 13.2. The fourth-order valence-electron chi connectivity index (χ4n) is 7.05. The van der Waals surface area contributed by atoms with Crippen LogP contribution >= 0.6 is 0 Å². The molecule has 1 unspecified atom stereocenters. The van der Waals surface area contributed by atoms with Crippen molar-refractivity contribution >= 4 is 66.3 Å². The van der Waals surface area contributed by atoms with Gasteiger partial charge in [-0.15, -0.1) is 12.3 Å². The lowest BCUT2D eigenvalue weighted by Gasteiger charge is -2.12. The molecule has 410 valence electrons. The molecule has 0 saturated heterocycles. The highest BCUT2D eigenvalue weighted by Gasteiger charge is 2.14. The molecule has 0 heterocycles. The van der Waals surface area contributed by atoms with Crippen LogP contribution in [0.3, 0.4) is 0 Å². The maximum Gasteiger partial charge on any atom is 0.776 e. The number of rotatable bonds is 45. The zero-order valence-corrected chi connectivity index (χ0v) is 49.6. The van der Waals surface area contributed by atoms with E-state index < -0.39 is 31.8 Å². The predicted molar refractivity (Wildman–Crippen MR) is 294 cm³/mol. The third kappa shape index (κ3) is 87.4. The van der Waals surface area contributed by atoms with Gasteiger partial charge in [0.1, 0.15) is 0 Å². The second-order valence-electron chi connectivity index (χ2n) is 17.6. The standard InChI is InChI=1S/C18H36O2.C18H37O.C8H16O2.C6H10.C2H4O2.C2H5O.3Al.4H2O/c1-2-3-4-5-6-7-8-9-10-11-12-13-14-15-16-17-18(19)20;1-2-3-4-5-6-7-8-9-10-11-12-13-14-15-16-17-18-19;1-3-5-6-7(4-2)8(9)10;1-3-5-6-4-2;1-2(3)4;1-2-3;;;;;;;/h2-17H2,1H3,(H,19,20);2-18H2,1H3;7H,3-6H2,1-2H3,(H,9,10);1H,4-6H2,2H3;1H3,(H,3,4);2H2,1H3;;;;4*1H2/q;-1;;;;-1;+1;2*+2;;;;/p-3. The molecule has 0 aromatic heterocycles. The predicted octanol–water partition coefficient (Wildman–Crippen LogP) is 13.1. The number of carbonyl (C=O) groups is 3. The third-order valence-electron chi connectivity index (χ3n) is 11.3. The summed E-state index contributed by atoms with van der Waals surface area (Å²) in [6, 6.07) is 0. The van der Waals surface area contributed by atoms with Crippen LogP contribution in [0.15, 0.2) is 0 Å². The average molecular weight is 1040 g/mol. The summed E-state index contributed by atoms with van der Waals surface area (Å²) in [6.45, 7) is 15.4. The number of hydrogen-bond acceptors (Lipinski definition) is 8. The molecule has 12 nitrogen and oxygen atoms in total. The molecule has 8 N–H and O–H groups in total. The largest absolute Gasteiger partial charge is 0.776 e. The number of terminal acetylenes is 1. The highest BCUT2D eigenvalue weighted by atomic mass is 27.2. The van der Waals surface area contributed by atoms with Gasteiger partial charge in [0.2, 0.25) is 0 Å². The van der Waals surface area contributed by atoms with E-state index in [1.54, 1.807) is 0 Å². The summed E-state index contributed by atoms with van der Waals surface area (Å²) in [6.07, 6.45) is 55.3. The fraction of sp³-hybridized carbons (Fsp3) is 0.907. The summed E-state index contributed by atoms with van der Waals surface area (Å²) in [5.74, 6) is 2.25. The average Bonchev–Trinajstić information content (AvgIpc) is 3.31. The van der Waals surface area contributed by atoms with Gasteiger partial charge in [-0.1, -0.05) is 240 Å². The molecule has 0 bridgehead atoms. The van der Waals surface area contributed by atoms with Crippen molar-refractivity contribution in [3.05, 3.63) is 0 Å². The van der Waals surface area contributed by atoms with Crippen LogP contribution < -0.4 is 0 Å².